The number of nitrogens with zero attached hydrogens (tertiary/aromatic N) is 2. The molecular formula is C13H16Cl2N2O. The summed E-state index contributed by atoms with van der Waals surface area (Å²) >= 11 is 11.5. The lowest BCUT2D eigenvalue weighted by Crippen LogP contribution is -2.45. The maximum Gasteiger partial charge on any atom is 0.272 e. The lowest BCUT2D eigenvalue weighted by molar-refractivity contribution is 0.0575. The summed E-state index contributed by atoms with van der Waals surface area (Å²) in [4.78, 5) is 18.4. The highest BCUT2D eigenvalue weighted by atomic mass is 35.5. The predicted molar refractivity (Wildman–Crippen MR) is 73.3 cm³/mol. The summed E-state index contributed by atoms with van der Waals surface area (Å²) in [5.74, 6) is 0.561. The topological polar surface area (TPSA) is 33.2 Å². The Balaban J connectivity index is 2.08. The maximum absolute atomic E-state index is 12.4. The van der Waals surface area contributed by atoms with Crippen LogP contribution in [0.2, 0.25) is 5.02 Å². The van der Waals surface area contributed by atoms with E-state index < -0.39 is 0 Å². The van der Waals surface area contributed by atoms with E-state index in [9.17, 15) is 4.79 Å². The van der Waals surface area contributed by atoms with Gasteiger partial charge in [0.2, 0.25) is 0 Å². The number of halogens is 2. The van der Waals surface area contributed by atoms with Gasteiger partial charge in [-0.2, -0.15) is 0 Å². The van der Waals surface area contributed by atoms with Crippen molar-refractivity contribution in [2.75, 3.05) is 12.4 Å². The Morgan fingerprint density at radius 3 is 2.72 bits per heavy atom. The fourth-order valence-corrected chi connectivity index (χ4v) is 2.26. The van der Waals surface area contributed by atoms with Crippen LogP contribution in [0.5, 0.6) is 0 Å². The molecular weight excluding hydrogens is 271 g/mol. The molecule has 1 fully saturated rings. The zero-order valence-corrected chi connectivity index (χ0v) is 11.6. The van der Waals surface area contributed by atoms with E-state index in [4.69, 9.17) is 23.2 Å². The molecule has 5 heteroatoms. The van der Waals surface area contributed by atoms with Crippen molar-refractivity contribution >= 4 is 29.1 Å². The molecule has 3 nitrogen and oxygen atoms in total. The number of rotatable bonds is 5. The van der Waals surface area contributed by atoms with Crippen LogP contribution in [0.1, 0.15) is 36.2 Å². The van der Waals surface area contributed by atoms with Gasteiger partial charge in [-0.05, 0) is 37.8 Å². The van der Waals surface area contributed by atoms with E-state index in [1.165, 1.54) is 12.6 Å². The van der Waals surface area contributed by atoms with E-state index in [2.05, 4.69) is 4.98 Å². The number of aromatic nitrogens is 1. The minimum atomic E-state index is -0.0125. The fraction of sp³-hybridized carbons (Fsp3) is 0.538. The van der Waals surface area contributed by atoms with Gasteiger partial charge >= 0.3 is 0 Å². The van der Waals surface area contributed by atoms with Gasteiger partial charge in [-0.15, -0.1) is 11.6 Å². The first-order valence-corrected chi connectivity index (χ1v) is 7.12. The highest BCUT2D eigenvalue weighted by Crippen LogP contribution is 2.26. The third-order valence-electron chi connectivity index (χ3n) is 3.26. The van der Waals surface area contributed by atoms with Gasteiger partial charge in [0.25, 0.3) is 5.91 Å². The van der Waals surface area contributed by atoms with Crippen LogP contribution in [-0.2, 0) is 0 Å². The largest absolute Gasteiger partial charge is 0.334 e. The van der Waals surface area contributed by atoms with E-state index in [-0.39, 0.29) is 5.91 Å². The standard InChI is InChI=1S/C13H16Cl2N2O/c14-7-2-8-17(11-3-1-4-11)13(18)12-6-5-10(15)9-16-12/h5-6,9,11H,1-4,7-8H2. The summed E-state index contributed by atoms with van der Waals surface area (Å²) in [5, 5.41) is 0.544. The molecule has 1 aromatic heterocycles. The summed E-state index contributed by atoms with van der Waals surface area (Å²) in [7, 11) is 0. The highest BCUT2D eigenvalue weighted by molar-refractivity contribution is 6.30. The van der Waals surface area contributed by atoms with Crippen LogP contribution >= 0.6 is 23.2 Å². The molecule has 1 aliphatic carbocycles. The molecule has 0 unspecified atom stereocenters. The van der Waals surface area contributed by atoms with Crippen LogP contribution in [0.3, 0.4) is 0 Å². The Morgan fingerprint density at radius 2 is 2.22 bits per heavy atom. The third-order valence-corrected chi connectivity index (χ3v) is 3.75. The Morgan fingerprint density at radius 1 is 1.44 bits per heavy atom. The molecule has 1 saturated carbocycles. The molecule has 1 aromatic rings. The summed E-state index contributed by atoms with van der Waals surface area (Å²) in [5.41, 5.74) is 0.459. The molecule has 0 spiro atoms. The monoisotopic (exact) mass is 286 g/mol. The Labute approximate surface area is 117 Å². The van der Waals surface area contributed by atoms with E-state index >= 15 is 0 Å². The summed E-state index contributed by atoms with van der Waals surface area (Å²) in [6.07, 6.45) is 5.69. The first-order chi connectivity index (χ1) is 8.72. The number of hydrogen-bond donors (Lipinski definition) is 0. The summed E-state index contributed by atoms with van der Waals surface area (Å²) in [6, 6.07) is 3.73. The van der Waals surface area contributed by atoms with Gasteiger partial charge in [0.15, 0.2) is 0 Å². The van der Waals surface area contributed by atoms with E-state index in [1.807, 2.05) is 4.90 Å². The minimum absolute atomic E-state index is 0.0125. The van der Waals surface area contributed by atoms with Crippen LogP contribution in [0, 0.1) is 0 Å². The summed E-state index contributed by atoms with van der Waals surface area (Å²) in [6.45, 7) is 0.706. The van der Waals surface area contributed by atoms with Crippen molar-refractivity contribution < 1.29 is 4.79 Å². The van der Waals surface area contributed by atoms with E-state index in [0.717, 1.165) is 19.3 Å². The number of carbonyl (C=O) groups excluding carboxylic acids is 1. The molecule has 98 valence electrons. The number of hydrogen-bond acceptors (Lipinski definition) is 2. The van der Waals surface area contributed by atoms with E-state index in [0.29, 0.717) is 29.2 Å². The zero-order valence-electron chi connectivity index (χ0n) is 10.1. The van der Waals surface area contributed by atoms with Gasteiger partial charge < -0.3 is 4.90 Å². The number of pyridine rings is 1. The van der Waals surface area contributed by atoms with Gasteiger partial charge in [-0.25, -0.2) is 4.98 Å². The molecule has 0 atom stereocenters. The molecule has 0 bridgehead atoms. The average Bonchev–Trinajstić information content (AvgIpc) is 2.32. The second kappa shape index (κ2) is 6.39. The second-order valence-corrected chi connectivity index (χ2v) is 5.30. The molecule has 0 aliphatic heterocycles. The minimum Gasteiger partial charge on any atom is -0.334 e. The van der Waals surface area contributed by atoms with Crippen LogP contribution in [0.4, 0.5) is 0 Å². The van der Waals surface area contributed by atoms with E-state index in [1.54, 1.807) is 12.1 Å². The highest BCUT2D eigenvalue weighted by Gasteiger charge is 2.29. The second-order valence-electron chi connectivity index (χ2n) is 4.49. The number of carbonyl (C=O) groups is 1. The lowest BCUT2D eigenvalue weighted by Gasteiger charge is -2.37. The fourth-order valence-electron chi connectivity index (χ4n) is 2.03. The SMILES string of the molecule is O=C(c1ccc(Cl)cn1)N(CCCCl)C1CCC1. The molecule has 0 N–H and O–H groups in total. The molecule has 0 radical (unpaired) electrons. The van der Waals surface area contributed by atoms with Gasteiger partial charge in [-0.1, -0.05) is 11.6 Å². The predicted octanol–water partition coefficient (Wildman–Crippen LogP) is 3.36. The molecule has 18 heavy (non-hydrogen) atoms. The first kappa shape index (κ1) is 13.6. The van der Waals surface area contributed by atoms with Gasteiger partial charge in [0, 0.05) is 24.7 Å². The van der Waals surface area contributed by atoms with Crippen molar-refractivity contribution in [3.63, 3.8) is 0 Å². The molecule has 0 saturated heterocycles. The Bertz CT molecular complexity index is 404. The Hall–Kier alpha value is -0.800. The van der Waals surface area contributed by atoms with Crippen LogP contribution in [0.25, 0.3) is 0 Å². The molecule has 1 heterocycles. The molecule has 0 aromatic carbocycles. The van der Waals surface area contributed by atoms with Crippen LogP contribution in [0.15, 0.2) is 18.3 Å². The quantitative estimate of drug-likeness (QED) is 0.778. The van der Waals surface area contributed by atoms with Gasteiger partial charge in [0.05, 0.1) is 5.02 Å². The van der Waals surface area contributed by atoms with Crippen molar-refractivity contribution in [1.29, 1.82) is 0 Å². The molecule has 2 rings (SSSR count). The summed E-state index contributed by atoms with van der Waals surface area (Å²) < 4.78 is 0. The zero-order chi connectivity index (χ0) is 13.0. The van der Waals surface area contributed by atoms with Crippen molar-refractivity contribution in [2.24, 2.45) is 0 Å². The van der Waals surface area contributed by atoms with Gasteiger partial charge in [0.1, 0.15) is 5.69 Å². The Kier molecular flexibility index (Phi) is 4.84. The smallest absolute Gasteiger partial charge is 0.272 e. The lowest BCUT2D eigenvalue weighted by atomic mass is 9.91. The van der Waals surface area contributed by atoms with Crippen LogP contribution in [-0.4, -0.2) is 34.3 Å². The van der Waals surface area contributed by atoms with Crippen molar-refractivity contribution in [3.05, 3.63) is 29.0 Å². The first-order valence-electron chi connectivity index (χ1n) is 6.21. The number of alkyl halides is 1. The normalized spacial score (nSPS) is 15.2. The molecule has 1 amide bonds. The third kappa shape index (κ3) is 3.15. The van der Waals surface area contributed by atoms with Crippen LogP contribution < -0.4 is 0 Å². The molecule has 1 aliphatic rings. The number of amides is 1. The van der Waals surface area contributed by atoms with Crippen molar-refractivity contribution in [3.8, 4) is 0 Å². The van der Waals surface area contributed by atoms with Gasteiger partial charge in [-0.3, -0.25) is 4.79 Å². The van der Waals surface area contributed by atoms with Crippen molar-refractivity contribution in [1.82, 2.24) is 9.88 Å². The maximum atomic E-state index is 12.4. The average molecular weight is 287 g/mol. The van der Waals surface area contributed by atoms with Crippen molar-refractivity contribution in [2.45, 2.75) is 31.7 Å².